The number of rotatable bonds is 16. The molecule has 9 heteroatoms. The molecule has 2 saturated carbocycles. The maximum absolute atomic E-state index is 11.7. The van der Waals surface area contributed by atoms with Gasteiger partial charge in [0.25, 0.3) is 0 Å². The Hall–Kier alpha value is -2.06. The topological polar surface area (TPSA) is 92.3 Å². The first-order valence-electron chi connectivity index (χ1n) is 13.8. The predicted molar refractivity (Wildman–Crippen MR) is 171 cm³/mol. The number of carbonyl (C=O) groups excluding carboxylic acids is 4. The van der Waals surface area contributed by atoms with Crippen molar-refractivity contribution in [1.82, 2.24) is 10.6 Å². The molecule has 0 atom stereocenters. The summed E-state index contributed by atoms with van der Waals surface area (Å²) >= 11 is 2.98. The SMILES string of the molecule is O=C(CSCCC(=O)[C]1[CH][CH][CH][CH]1)NCc1ccccc1.O=C(CSCCC(=O)[C]1[CH][CH][CH][CH]1)NCc1ccccc1.[Fe+2]. The Morgan fingerprint density at radius 3 is 1.23 bits per heavy atom. The standard InChI is InChI=1S/2C17H18NO2S.Fe/c2*19-16(15-8-4-5-9-15)10-11-21-13-17(20)18-12-14-6-2-1-3-7-14;/h2*1-9H,10-13H2,(H,18,20);/q;;+2. The number of hydrogen-bond acceptors (Lipinski definition) is 6. The Balaban J connectivity index is 0.000000293. The molecule has 2 fully saturated rings. The summed E-state index contributed by atoms with van der Waals surface area (Å²) in [6, 6.07) is 19.6. The van der Waals surface area contributed by atoms with Crippen LogP contribution in [0.15, 0.2) is 60.7 Å². The zero-order valence-corrected chi connectivity index (χ0v) is 26.6. The van der Waals surface area contributed by atoms with E-state index >= 15 is 0 Å². The molecule has 2 aromatic rings. The third-order valence-corrected chi connectivity index (χ3v) is 7.97. The summed E-state index contributed by atoms with van der Waals surface area (Å²) in [5.74, 6) is 3.91. The summed E-state index contributed by atoms with van der Waals surface area (Å²) in [5, 5.41) is 5.74. The maximum atomic E-state index is 11.7. The maximum Gasteiger partial charge on any atom is 2.00 e. The van der Waals surface area contributed by atoms with Crippen LogP contribution in [0.1, 0.15) is 24.0 Å². The van der Waals surface area contributed by atoms with E-state index in [9.17, 15) is 19.2 Å². The molecule has 0 aliphatic heterocycles. The Bertz CT molecular complexity index is 1000. The number of carbonyl (C=O) groups is 4. The second-order valence-corrected chi connectivity index (χ2v) is 11.5. The Kier molecular flexibility index (Phi) is 19.4. The van der Waals surface area contributed by atoms with Crippen molar-refractivity contribution in [3.8, 4) is 0 Å². The van der Waals surface area contributed by atoms with Gasteiger partial charge in [-0.1, -0.05) is 60.7 Å². The zero-order valence-electron chi connectivity index (χ0n) is 23.9. The van der Waals surface area contributed by atoms with Crippen LogP contribution in [0, 0.1) is 63.2 Å². The monoisotopic (exact) mass is 656 g/mol. The Morgan fingerprint density at radius 1 is 0.535 bits per heavy atom. The van der Waals surface area contributed by atoms with Crippen LogP contribution in [-0.2, 0) is 49.3 Å². The van der Waals surface area contributed by atoms with E-state index in [1.165, 1.54) is 23.5 Å². The van der Waals surface area contributed by atoms with Gasteiger partial charge in [0.2, 0.25) is 11.8 Å². The molecule has 4 rings (SSSR count). The quantitative estimate of drug-likeness (QED) is 0.199. The number of amides is 2. The first-order valence-corrected chi connectivity index (χ1v) is 16.1. The van der Waals surface area contributed by atoms with Crippen LogP contribution in [-0.4, -0.2) is 46.4 Å². The van der Waals surface area contributed by atoms with Gasteiger partial charge >= 0.3 is 17.1 Å². The van der Waals surface area contributed by atoms with Gasteiger partial charge in [-0.05, 0) is 62.5 Å². The zero-order chi connectivity index (χ0) is 29.8. The molecule has 0 aromatic heterocycles. The molecule has 0 saturated heterocycles. The molecule has 0 bridgehead atoms. The molecule has 224 valence electrons. The molecule has 2 aliphatic rings. The van der Waals surface area contributed by atoms with E-state index in [0.29, 0.717) is 48.9 Å². The summed E-state index contributed by atoms with van der Waals surface area (Å²) in [7, 11) is 0. The molecule has 0 unspecified atom stereocenters. The minimum absolute atomic E-state index is 0. The first-order chi connectivity index (χ1) is 20.5. The van der Waals surface area contributed by atoms with Crippen LogP contribution in [0.2, 0.25) is 0 Å². The average molecular weight is 657 g/mol. The molecule has 0 spiro atoms. The van der Waals surface area contributed by atoms with Gasteiger partial charge in [-0.15, -0.1) is 0 Å². The van der Waals surface area contributed by atoms with Crippen LogP contribution in [0.4, 0.5) is 0 Å². The fraction of sp³-hybridized carbons (Fsp3) is 0.235. The molecule has 43 heavy (non-hydrogen) atoms. The van der Waals surface area contributed by atoms with Crippen molar-refractivity contribution in [3.63, 3.8) is 0 Å². The first kappa shape index (κ1) is 37.1. The van der Waals surface area contributed by atoms with Crippen LogP contribution in [0.5, 0.6) is 0 Å². The number of Topliss-reactive ketones (excluding diaryl/α,β-unsaturated/α-hetero) is 2. The number of benzene rings is 2. The third kappa shape index (κ3) is 16.0. The minimum Gasteiger partial charge on any atom is -0.351 e. The Morgan fingerprint density at radius 2 is 0.884 bits per heavy atom. The van der Waals surface area contributed by atoms with Gasteiger partial charge in [0.1, 0.15) is 11.6 Å². The summed E-state index contributed by atoms with van der Waals surface area (Å²) in [6.45, 7) is 1.10. The van der Waals surface area contributed by atoms with Crippen molar-refractivity contribution in [1.29, 1.82) is 0 Å². The van der Waals surface area contributed by atoms with Crippen molar-refractivity contribution in [2.24, 2.45) is 0 Å². The van der Waals surface area contributed by atoms with Crippen molar-refractivity contribution in [2.45, 2.75) is 25.9 Å². The predicted octanol–water partition coefficient (Wildman–Crippen LogP) is 4.80. The van der Waals surface area contributed by atoms with E-state index in [1.807, 2.05) is 112 Å². The van der Waals surface area contributed by atoms with Crippen molar-refractivity contribution in [3.05, 3.63) is 135 Å². The Labute approximate surface area is 276 Å². The molecular weight excluding hydrogens is 620 g/mol. The largest absolute Gasteiger partial charge is 2.00 e. The van der Waals surface area contributed by atoms with E-state index in [-0.39, 0.29) is 40.4 Å². The van der Waals surface area contributed by atoms with Crippen molar-refractivity contribution in [2.75, 3.05) is 23.0 Å². The van der Waals surface area contributed by atoms with Gasteiger partial charge in [0.15, 0.2) is 0 Å². The smallest absolute Gasteiger partial charge is 0.351 e. The van der Waals surface area contributed by atoms with E-state index in [1.54, 1.807) is 0 Å². The summed E-state index contributed by atoms with van der Waals surface area (Å²) < 4.78 is 0. The average Bonchev–Trinajstić information content (AvgIpc) is 3.76. The van der Waals surface area contributed by atoms with Crippen LogP contribution < -0.4 is 10.6 Å². The number of nitrogens with one attached hydrogen (secondary N) is 2. The number of thioether (sulfide) groups is 2. The molecular formula is C34H36FeN2O4S2+2. The normalized spacial score (nSPS) is 14.7. The van der Waals surface area contributed by atoms with Crippen LogP contribution in [0.3, 0.4) is 0 Å². The van der Waals surface area contributed by atoms with Gasteiger partial charge in [-0.25, -0.2) is 0 Å². The van der Waals surface area contributed by atoms with E-state index < -0.39 is 0 Å². The second-order valence-electron chi connectivity index (χ2n) is 9.32. The fourth-order valence-corrected chi connectivity index (χ4v) is 5.29. The van der Waals surface area contributed by atoms with E-state index in [2.05, 4.69) is 10.6 Å². The summed E-state index contributed by atoms with van der Waals surface area (Å²) in [4.78, 5) is 46.8. The van der Waals surface area contributed by atoms with Gasteiger partial charge in [-0.3, -0.25) is 19.2 Å². The van der Waals surface area contributed by atoms with Gasteiger partial charge < -0.3 is 10.6 Å². The van der Waals surface area contributed by atoms with Crippen molar-refractivity contribution < 1.29 is 36.2 Å². The molecule has 2 aliphatic carbocycles. The van der Waals surface area contributed by atoms with Crippen molar-refractivity contribution >= 4 is 46.9 Å². The molecule has 0 heterocycles. The summed E-state index contributed by atoms with van der Waals surface area (Å²) in [5.41, 5.74) is 2.17. The number of ketones is 2. The molecule has 2 N–H and O–H groups in total. The molecule has 2 amide bonds. The molecule has 6 nitrogen and oxygen atoms in total. The van der Waals surface area contributed by atoms with Gasteiger partial charge in [0.05, 0.1) is 11.5 Å². The van der Waals surface area contributed by atoms with E-state index in [0.717, 1.165) is 23.0 Å². The third-order valence-electron chi connectivity index (χ3n) is 6.05. The summed E-state index contributed by atoms with van der Waals surface area (Å²) in [6.07, 6.45) is 15.7. The van der Waals surface area contributed by atoms with Gasteiger partial charge in [-0.2, -0.15) is 23.5 Å². The van der Waals surface area contributed by atoms with Crippen LogP contribution in [0.25, 0.3) is 0 Å². The second kappa shape index (κ2) is 22.4. The minimum atomic E-state index is 0. The van der Waals surface area contributed by atoms with Crippen LogP contribution >= 0.6 is 23.5 Å². The molecule has 10 radical (unpaired) electrons. The van der Waals surface area contributed by atoms with Gasteiger partial charge in [0, 0.05) is 49.3 Å². The van der Waals surface area contributed by atoms with E-state index in [4.69, 9.17) is 0 Å². The number of hydrogen-bond donors (Lipinski definition) is 2. The molecule has 2 aromatic carbocycles. The fourth-order valence-electron chi connectivity index (χ4n) is 3.76.